The molecule has 1 aromatic carbocycles. The van der Waals surface area contributed by atoms with Gasteiger partial charge in [-0.1, -0.05) is 12.1 Å². The van der Waals surface area contributed by atoms with Crippen LogP contribution in [0.5, 0.6) is 5.75 Å². The minimum Gasteiger partial charge on any atom is -0.496 e. The van der Waals surface area contributed by atoms with Crippen LogP contribution in [-0.2, 0) is 0 Å². The van der Waals surface area contributed by atoms with Crippen LogP contribution in [-0.4, -0.2) is 29.3 Å². The van der Waals surface area contributed by atoms with Gasteiger partial charge in [0.2, 0.25) is 0 Å². The summed E-state index contributed by atoms with van der Waals surface area (Å²) in [5, 5.41) is 18.2. The molecule has 2 aromatic rings. The van der Waals surface area contributed by atoms with Gasteiger partial charge in [-0.2, -0.15) is 0 Å². The van der Waals surface area contributed by atoms with Crippen LogP contribution in [0.1, 0.15) is 0 Å². The number of hydrogen-bond acceptors (Lipinski definition) is 4. The van der Waals surface area contributed by atoms with E-state index in [1.807, 2.05) is 24.3 Å². The van der Waals surface area contributed by atoms with Crippen molar-refractivity contribution in [1.82, 2.24) is 4.98 Å². The zero-order valence-electron chi connectivity index (χ0n) is 9.37. The second kappa shape index (κ2) is 4.99. The Balaban J connectivity index is 2.49. The first-order chi connectivity index (χ1) is 8.22. The van der Waals surface area contributed by atoms with Crippen LogP contribution in [0.2, 0.25) is 0 Å². The summed E-state index contributed by atoms with van der Waals surface area (Å²) in [6.45, 7) is 0. The molecular formula is C12H12BNO3. The molecule has 0 spiro atoms. The molecule has 0 saturated heterocycles. The maximum Gasteiger partial charge on any atom is 0.488 e. The number of methoxy groups -OCH3 is 1. The predicted molar refractivity (Wildman–Crippen MR) is 66.1 cm³/mol. The average Bonchev–Trinajstić information content (AvgIpc) is 2.39. The van der Waals surface area contributed by atoms with Crippen molar-refractivity contribution in [3.63, 3.8) is 0 Å². The molecule has 2 N–H and O–H groups in total. The van der Waals surface area contributed by atoms with E-state index < -0.39 is 7.12 Å². The number of para-hydroxylation sites is 1. The molecule has 0 saturated carbocycles. The summed E-state index contributed by atoms with van der Waals surface area (Å²) in [5.41, 5.74) is 1.87. The van der Waals surface area contributed by atoms with E-state index in [-0.39, 0.29) is 0 Å². The number of ether oxygens (including phenoxy) is 1. The van der Waals surface area contributed by atoms with Gasteiger partial charge >= 0.3 is 7.12 Å². The molecule has 0 radical (unpaired) electrons. The van der Waals surface area contributed by atoms with Gasteiger partial charge in [0.05, 0.1) is 12.8 Å². The van der Waals surface area contributed by atoms with Gasteiger partial charge in [-0.25, -0.2) is 0 Å². The fourth-order valence-electron chi connectivity index (χ4n) is 1.61. The van der Waals surface area contributed by atoms with Gasteiger partial charge in [-0.3, -0.25) is 4.98 Å². The molecule has 86 valence electrons. The Labute approximate surface area is 99.7 Å². The van der Waals surface area contributed by atoms with E-state index in [1.54, 1.807) is 19.2 Å². The van der Waals surface area contributed by atoms with Crippen LogP contribution in [0.4, 0.5) is 0 Å². The molecule has 0 bridgehead atoms. The SMILES string of the molecule is COc1ccccc1-c1cc(B(O)O)ccn1. The van der Waals surface area contributed by atoms with E-state index in [4.69, 9.17) is 14.8 Å². The highest BCUT2D eigenvalue weighted by Gasteiger charge is 2.13. The van der Waals surface area contributed by atoms with Crippen LogP contribution < -0.4 is 10.2 Å². The Morgan fingerprint density at radius 2 is 1.94 bits per heavy atom. The number of benzene rings is 1. The Kier molecular flexibility index (Phi) is 3.42. The van der Waals surface area contributed by atoms with Gasteiger partial charge in [-0.15, -0.1) is 0 Å². The van der Waals surface area contributed by atoms with Crippen molar-refractivity contribution in [3.05, 3.63) is 42.6 Å². The minimum atomic E-state index is -1.49. The lowest BCUT2D eigenvalue weighted by Gasteiger charge is -2.08. The molecule has 0 aliphatic heterocycles. The molecule has 0 fully saturated rings. The first-order valence-corrected chi connectivity index (χ1v) is 5.18. The van der Waals surface area contributed by atoms with Gasteiger partial charge in [-0.05, 0) is 29.7 Å². The summed E-state index contributed by atoms with van der Waals surface area (Å²) in [5.74, 6) is 0.699. The Morgan fingerprint density at radius 3 is 2.65 bits per heavy atom. The van der Waals surface area contributed by atoms with E-state index in [0.29, 0.717) is 16.9 Å². The summed E-state index contributed by atoms with van der Waals surface area (Å²) in [6, 6.07) is 10.6. The second-order valence-electron chi connectivity index (χ2n) is 3.55. The molecule has 0 atom stereocenters. The van der Waals surface area contributed by atoms with Crippen LogP contribution >= 0.6 is 0 Å². The largest absolute Gasteiger partial charge is 0.496 e. The highest BCUT2D eigenvalue weighted by atomic mass is 16.5. The Hall–Kier alpha value is -1.85. The predicted octanol–water partition coefficient (Wildman–Crippen LogP) is 0.437. The first-order valence-electron chi connectivity index (χ1n) is 5.18. The molecule has 1 aromatic heterocycles. The number of aromatic nitrogens is 1. The van der Waals surface area contributed by atoms with Crippen molar-refractivity contribution in [2.45, 2.75) is 0 Å². The number of nitrogens with zero attached hydrogens (tertiary/aromatic N) is 1. The molecule has 0 aliphatic rings. The number of rotatable bonds is 3. The fourth-order valence-corrected chi connectivity index (χ4v) is 1.61. The van der Waals surface area contributed by atoms with Gasteiger partial charge in [0.15, 0.2) is 0 Å². The second-order valence-corrected chi connectivity index (χ2v) is 3.55. The van der Waals surface area contributed by atoms with Crippen LogP contribution in [0.25, 0.3) is 11.3 Å². The lowest BCUT2D eigenvalue weighted by molar-refractivity contribution is 0.416. The highest BCUT2D eigenvalue weighted by Crippen LogP contribution is 2.27. The molecule has 17 heavy (non-hydrogen) atoms. The van der Waals surface area contributed by atoms with Crippen LogP contribution in [0.15, 0.2) is 42.6 Å². The van der Waals surface area contributed by atoms with Gasteiger partial charge in [0, 0.05) is 11.8 Å². The molecule has 5 heteroatoms. The Bertz CT molecular complexity index is 517. The molecule has 1 heterocycles. The number of pyridine rings is 1. The summed E-state index contributed by atoms with van der Waals surface area (Å²) < 4.78 is 5.24. The fraction of sp³-hybridized carbons (Fsp3) is 0.0833. The lowest BCUT2D eigenvalue weighted by atomic mass is 9.80. The van der Waals surface area contributed by atoms with E-state index >= 15 is 0 Å². The molecule has 0 aliphatic carbocycles. The van der Waals surface area contributed by atoms with Crippen molar-refractivity contribution >= 4 is 12.6 Å². The molecule has 0 amide bonds. The highest BCUT2D eigenvalue weighted by molar-refractivity contribution is 6.58. The van der Waals surface area contributed by atoms with E-state index in [1.165, 1.54) is 6.20 Å². The normalized spacial score (nSPS) is 10.1. The van der Waals surface area contributed by atoms with E-state index in [9.17, 15) is 0 Å². The maximum atomic E-state index is 9.12. The molecular weight excluding hydrogens is 217 g/mol. The van der Waals surface area contributed by atoms with Crippen molar-refractivity contribution in [3.8, 4) is 17.0 Å². The monoisotopic (exact) mass is 229 g/mol. The minimum absolute atomic E-state index is 0.404. The average molecular weight is 229 g/mol. The van der Waals surface area contributed by atoms with Crippen molar-refractivity contribution in [1.29, 1.82) is 0 Å². The van der Waals surface area contributed by atoms with Crippen molar-refractivity contribution < 1.29 is 14.8 Å². The third-order valence-electron chi connectivity index (χ3n) is 2.47. The summed E-state index contributed by atoms with van der Waals surface area (Å²) in [7, 11) is 0.0929. The van der Waals surface area contributed by atoms with Crippen LogP contribution in [0.3, 0.4) is 0 Å². The van der Waals surface area contributed by atoms with Gasteiger partial charge in [0.1, 0.15) is 5.75 Å². The quantitative estimate of drug-likeness (QED) is 0.749. The third-order valence-corrected chi connectivity index (χ3v) is 2.47. The van der Waals surface area contributed by atoms with Crippen molar-refractivity contribution in [2.75, 3.05) is 7.11 Å². The first kappa shape index (κ1) is 11.6. The van der Waals surface area contributed by atoms with Crippen LogP contribution in [0, 0.1) is 0 Å². The maximum absolute atomic E-state index is 9.12. The summed E-state index contributed by atoms with van der Waals surface area (Å²) >= 11 is 0. The number of hydrogen-bond donors (Lipinski definition) is 2. The molecule has 2 rings (SSSR count). The molecule has 4 nitrogen and oxygen atoms in total. The standard InChI is InChI=1S/C12H12BNO3/c1-17-12-5-3-2-4-10(12)11-8-9(13(15)16)6-7-14-11/h2-8,15-16H,1H3. The zero-order chi connectivity index (χ0) is 12.3. The van der Waals surface area contributed by atoms with E-state index in [0.717, 1.165) is 5.56 Å². The lowest BCUT2D eigenvalue weighted by Crippen LogP contribution is -2.29. The smallest absolute Gasteiger partial charge is 0.488 e. The topological polar surface area (TPSA) is 62.6 Å². The zero-order valence-corrected chi connectivity index (χ0v) is 9.37. The molecule has 0 unspecified atom stereocenters. The summed E-state index contributed by atoms with van der Waals surface area (Å²) in [6.07, 6.45) is 1.54. The van der Waals surface area contributed by atoms with Gasteiger partial charge in [0.25, 0.3) is 0 Å². The third kappa shape index (κ3) is 2.46. The van der Waals surface area contributed by atoms with E-state index in [2.05, 4.69) is 4.98 Å². The summed E-state index contributed by atoms with van der Waals surface area (Å²) in [4.78, 5) is 4.20. The Morgan fingerprint density at radius 1 is 1.18 bits per heavy atom. The van der Waals surface area contributed by atoms with Crippen molar-refractivity contribution in [2.24, 2.45) is 0 Å². The van der Waals surface area contributed by atoms with Gasteiger partial charge < -0.3 is 14.8 Å².